The molecule has 1 aliphatic heterocycles. The van der Waals surface area contributed by atoms with E-state index in [1.165, 1.54) is 13.0 Å². The Morgan fingerprint density at radius 2 is 1.61 bits per heavy atom. The third-order valence-electron chi connectivity index (χ3n) is 6.79. The van der Waals surface area contributed by atoms with Crippen molar-refractivity contribution in [3.05, 3.63) is 58.9 Å². The number of nitrogens with one attached hydrogen (secondary N) is 4. The fourth-order valence-electron chi connectivity index (χ4n) is 4.49. The average molecular weight is 627 g/mol. The highest BCUT2D eigenvalue weighted by Crippen LogP contribution is 2.27. The van der Waals surface area contributed by atoms with Crippen LogP contribution in [0.2, 0.25) is 0 Å². The van der Waals surface area contributed by atoms with E-state index in [1.54, 1.807) is 13.8 Å². The van der Waals surface area contributed by atoms with Crippen LogP contribution in [0.5, 0.6) is 5.75 Å². The summed E-state index contributed by atoms with van der Waals surface area (Å²) in [7, 11) is 0. The minimum Gasteiger partial charge on any atom is -0.479 e. The Morgan fingerprint density at radius 3 is 2.18 bits per heavy atom. The van der Waals surface area contributed by atoms with E-state index in [4.69, 9.17) is 4.74 Å². The summed E-state index contributed by atoms with van der Waals surface area (Å²) in [4.78, 5) is 63.8. The first kappa shape index (κ1) is 33.9. The summed E-state index contributed by atoms with van der Waals surface area (Å²) in [6.45, 7) is 4.09. The van der Waals surface area contributed by atoms with E-state index in [-0.39, 0.29) is 30.5 Å². The van der Waals surface area contributed by atoms with Gasteiger partial charge in [-0.25, -0.2) is 13.2 Å². The van der Waals surface area contributed by atoms with Gasteiger partial charge in [0.15, 0.2) is 23.2 Å². The lowest BCUT2D eigenvalue weighted by atomic mass is 9.95. The highest BCUT2D eigenvalue weighted by Gasteiger charge is 2.34. The first-order valence-electron chi connectivity index (χ1n) is 13.6. The first-order chi connectivity index (χ1) is 20.7. The molecule has 1 saturated heterocycles. The van der Waals surface area contributed by atoms with E-state index >= 15 is 0 Å². The van der Waals surface area contributed by atoms with Crippen molar-refractivity contribution in [3.63, 3.8) is 0 Å². The van der Waals surface area contributed by atoms with Crippen molar-refractivity contribution in [2.45, 2.75) is 52.1 Å². The van der Waals surface area contributed by atoms with Gasteiger partial charge in [0, 0.05) is 24.2 Å². The van der Waals surface area contributed by atoms with Crippen LogP contribution in [0.4, 0.5) is 27.6 Å². The van der Waals surface area contributed by atoms with Crippen molar-refractivity contribution in [2.24, 2.45) is 11.8 Å². The number of halogens is 5. The molecule has 0 radical (unpaired) electrons. The van der Waals surface area contributed by atoms with Crippen LogP contribution < -0.4 is 26.0 Å². The van der Waals surface area contributed by atoms with Gasteiger partial charge in [-0.2, -0.15) is 8.78 Å². The van der Waals surface area contributed by atoms with E-state index in [1.807, 2.05) is 0 Å². The highest BCUT2D eigenvalue weighted by molar-refractivity contribution is 6.40. The number of hydrogen-bond acceptors (Lipinski definition) is 6. The summed E-state index contributed by atoms with van der Waals surface area (Å²) < 4.78 is 73.4. The zero-order valence-corrected chi connectivity index (χ0v) is 24.0. The van der Waals surface area contributed by atoms with E-state index in [0.29, 0.717) is 18.5 Å². The molecule has 0 spiro atoms. The number of anilines is 1. The molecule has 1 heterocycles. The maximum atomic E-state index is 14.0. The van der Waals surface area contributed by atoms with Crippen LogP contribution in [0.25, 0.3) is 0 Å². The molecular formula is C29H31F5N4O6. The molecular weight excluding hydrogens is 595 g/mol. The Kier molecular flexibility index (Phi) is 11.4. The van der Waals surface area contributed by atoms with Gasteiger partial charge in [0.25, 0.3) is 0 Å². The van der Waals surface area contributed by atoms with Crippen molar-refractivity contribution >= 4 is 35.1 Å². The van der Waals surface area contributed by atoms with Gasteiger partial charge in [-0.1, -0.05) is 13.8 Å². The summed E-state index contributed by atoms with van der Waals surface area (Å²) in [5, 5.41) is 9.57. The number of ether oxygens (including phenoxy) is 1. The van der Waals surface area contributed by atoms with Gasteiger partial charge in [-0.3, -0.25) is 24.0 Å². The number of carbonyl (C=O) groups excluding carboxylic acids is 5. The fourth-order valence-corrected chi connectivity index (χ4v) is 4.49. The number of ketones is 1. The number of rotatable bonds is 12. The molecule has 0 aliphatic carbocycles. The molecule has 4 N–H and O–H groups in total. The van der Waals surface area contributed by atoms with E-state index < -0.39 is 88.9 Å². The standard InChI is InChI=1S/C29H31F5N4O6/c1-13(2)8-21(38-29(43)28(42)36-19-5-4-16(30)9-14(19)3)27(41)37-20(10-15-6-7-35-26(15)40)22(39)12-44-25-23(33)17(31)11-18(32)24(25)34/h4-5,9,11,13,15,20-21H,6-8,10,12H2,1-3H3,(H,35,40)(H,36,42)(H,37,41)(H,38,43)/t15-,20-,21-/m0/s1. The molecule has 15 heteroatoms. The zero-order valence-electron chi connectivity index (χ0n) is 24.0. The lowest BCUT2D eigenvalue weighted by Gasteiger charge is -2.25. The van der Waals surface area contributed by atoms with E-state index in [0.717, 1.165) is 12.1 Å². The zero-order chi connectivity index (χ0) is 32.7. The molecule has 3 atom stereocenters. The molecule has 2 aromatic carbocycles. The minimum atomic E-state index is -1.87. The minimum absolute atomic E-state index is 0.000740. The smallest absolute Gasteiger partial charge is 0.313 e. The summed E-state index contributed by atoms with van der Waals surface area (Å²) in [6.07, 6.45) is 0.0303. The van der Waals surface area contributed by atoms with Gasteiger partial charge in [-0.05, 0) is 55.9 Å². The number of aryl methyl sites for hydroxylation is 1. The van der Waals surface area contributed by atoms with Crippen LogP contribution in [0, 0.1) is 47.8 Å². The van der Waals surface area contributed by atoms with Crippen LogP contribution in [0.15, 0.2) is 24.3 Å². The molecule has 238 valence electrons. The Morgan fingerprint density at radius 1 is 0.955 bits per heavy atom. The quantitative estimate of drug-likeness (QED) is 0.162. The van der Waals surface area contributed by atoms with Gasteiger partial charge in [0.05, 0.1) is 6.04 Å². The molecule has 44 heavy (non-hydrogen) atoms. The number of amides is 4. The van der Waals surface area contributed by atoms with Crippen LogP contribution in [0.1, 0.15) is 38.7 Å². The number of benzene rings is 2. The van der Waals surface area contributed by atoms with Crippen LogP contribution in [-0.4, -0.2) is 54.6 Å². The SMILES string of the molecule is Cc1cc(F)ccc1NC(=O)C(=O)N[C@@H](CC(C)C)C(=O)N[C@@H](C[C@@H]1CCNC1=O)C(=O)COc1c(F)c(F)cc(F)c1F. The van der Waals surface area contributed by atoms with Gasteiger partial charge in [0.2, 0.25) is 23.4 Å². The maximum Gasteiger partial charge on any atom is 0.313 e. The number of hydrogen-bond donors (Lipinski definition) is 4. The lowest BCUT2D eigenvalue weighted by Crippen LogP contribution is -2.54. The highest BCUT2D eigenvalue weighted by atomic mass is 19.2. The third-order valence-corrected chi connectivity index (χ3v) is 6.79. The number of carbonyl (C=O) groups is 5. The molecule has 0 bridgehead atoms. The van der Waals surface area contributed by atoms with Crippen molar-refractivity contribution in [2.75, 3.05) is 18.5 Å². The molecule has 1 aliphatic rings. The Bertz CT molecular complexity index is 1430. The Hall–Kier alpha value is -4.56. The van der Waals surface area contributed by atoms with Crippen molar-refractivity contribution in [3.8, 4) is 5.75 Å². The summed E-state index contributed by atoms with van der Waals surface area (Å²) in [6, 6.07) is 0.578. The predicted molar refractivity (Wildman–Crippen MR) is 146 cm³/mol. The first-order valence-corrected chi connectivity index (χ1v) is 13.6. The van der Waals surface area contributed by atoms with Crippen molar-refractivity contribution in [1.82, 2.24) is 16.0 Å². The van der Waals surface area contributed by atoms with Crippen LogP contribution in [0.3, 0.4) is 0 Å². The third kappa shape index (κ3) is 8.74. The van der Waals surface area contributed by atoms with Gasteiger partial charge in [-0.15, -0.1) is 0 Å². The maximum absolute atomic E-state index is 14.0. The lowest BCUT2D eigenvalue weighted by molar-refractivity contribution is -0.138. The molecule has 0 saturated carbocycles. The largest absolute Gasteiger partial charge is 0.479 e. The van der Waals surface area contributed by atoms with Crippen LogP contribution in [-0.2, 0) is 24.0 Å². The summed E-state index contributed by atoms with van der Waals surface area (Å²) >= 11 is 0. The van der Waals surface area contributed by atoms with Gasteiger partial charge in [0.1, 0.15) is 18.5 Å². The Labute approximate surface area is 249 Å². The second-order valence-corrected chi connectivity index (χ2v) is 10.7. The summed E-state index contributed by atoms with van der Waals surface area (Å²) in [5.74, 6) is -15.0. The molecule has 4 amide bonds. The van der Waals surface area contributed by atoms with Gasteiger partial charge >= 0.3 is 11.8 Å². The van der Waals surface area contributed by atoms with Crippen molar-refractivity contribution < 1.29 is 50.7 Å². The average Bonchev–Trinajstić information content (AvgIpc) is 3.36. The molecule has 0 aromatic heterocycles. The second-order valence-electron chi connectivity index (χ2n) is 10.7. The summed E-state index contributed by atoms with van der Waals surface area (Å²) in [5.41, 5.74) is 0.492. The molecule has 1 fully saturated rings. The Balaban J connectivity index is 1.76. The molecule has 3 rings (SSSR count). The molecule has 10 nitrogen and oxygen atoms in total. The van der Waals surface area contributed by atoms with E-state index in [9.17, 15) is 45.9 Å². The van der Waals surface area contributed by atoms with Gasteiger partial charge < -0.3 is 26.0 Å². The van der Waals surface area contributed by atoms with E-state index in [2.05, 4.69) is 21.3 Å². The van der Waals surface area contributed by atoms with Crippen LogP contribution >= 0.6 is 0 Å². The topological polar surface area (TPSA) is 143 Å². The fraction of sp³-hybridized carbons (Fsp3) is 0.414. The predicted octanol–water partition coefficient (Wildman–Crippen LogP) is 2.82. The van der Waals surface area contributed by atoms with Crippen molar-refractivity contribution in [1.29, 1.82) is 0 Å². The second kappa shape index (κ2) is 14.8. The molecule has 0 unspecified atom stereocenters. The number of Topliss-reactive ketones (excluding diaryl/α,β-unsaturated/α-hetero) is 1. The normalized spacial score (nSPS) is 15.8. The monoisotopic (exact) mass is 626 g/mol. The molecule has 2 aromatic rings.